The number of piperazine rings is 1. The van der Waals surface area contributed by atoms with Crippen LogP contribution in [0.1, 0.15) is 16.7 Å². The van der Waals surface area contributed by atoms with Gasteiger partial charge in [0.15, 0.2) is 0 Å². The number of rotatable bonds is 4. The molecule has 0 aliphatic carbocycles. The number of aryl methyl sites for hydroxylation is 1. The van der Waals surface area contributed by atoms with Gasteiger partial charge < -0.3 is 15.0 Å². The number of methoxy groups -OCH3 is 1. The summed E-state index contributed by atoms with van der Waals surface area (Å²) in [7, 11) is 1.75. The Morgan fingerprint density at radius 1 is 1.32 bits per heavy atom. The molecule has 0 radical (unpaired) electrons. The van der Waals surface area contributed by atoms with Crippen molar-refractivity contribution in [2.75, 3.05) is 39.8 Å². The summed E-state index contributed by atoms with van der Waals surface area (Å²) in [5.41, 5.74) is 4.02. The molecule has 1 aliphatic heterocycles. The number of benzene rings is 1. The zero-order valence-electron chi connectivity index (χ0n) is 12.1. The van der Waals surface area contributed by atoms with Crippen LogP contribution in [0.5, 0.6) is 5.75 Å². The molecule has 1 fully saturated rings. The second kappa shape index (κ2) is 6.73. The third kappa shape index (κ3) is 3.50. The van der Waals surface area contributed by atoms with Crippen LogP contribution in [-0.2, 0) is 6.42 Å². The third-order valence-corrected chi connectivity index (χ3v) is 4.56. The van der Waals surface area contributed by atoms with Crippen molar-refractivity contribution in [3.8, 4) is 5.75 Å². The van der Waals surface area contributed by atoms with E-state index in [1.165, 1.54) is 16.7 Å². The van der Waals surface area contributed by atoms with E-state index < -0.39 is 0 Å². The van der Waals surface area contributed by atoms with Crippen LogP contribution < -0.4 is 10.1 Å². The van der Waals surface area contributed by atoms with Gasteiger partial charge >= 0.3 is 0 Å². The summed E-state index contributed by atoms with van der Waals surface area (Å²) in [4.78, 5) is 2.52. The minimum absolute atomic E-state index is 0.998. The van der Waals surface area contributed by atoms with Crippen LogP contribution in [-0.4, -0.2) is 44.7 Å². The smallest absolute Gasteiger partial charge is 0.136 e. The van der Waals surface area contributed by atoms with Crippen LogP contribution in [0.4, 0.5) is 0 Å². The largest absolute Gasteiger partial charge is 0.495 e. The van der Waals surface area contributed by atoms with E-state index in [1.807, 2.05) is 0 Å². The van der Waals surface area contributed by atoms with Gasteiger partial charge in [0.2, 0.25) is 0 Å². The lowest BCUT2D eigenvalue weighted by Gasteiger charge is -2.27. The van der Waals surface area contributed by atoms with Gasteiger partial charge in [-0.15, -0.1) is 0 Å². The topological polar surface area (TPSA) is 24.5 Å². The number of nitrogens with zero attached hydrogens (tertiary/aromatic N) is 1. The normalized spacial score (nSPS) is 16.6. The van der Waals surface area contributed by atoms with Crippen molar-refractivity contribution in [2.45, 2.75) is 20.3 Å². The van der Waals surface area contributed by atoms with Gasteiger partial charge in [-0.3, -0.25) is 0 Å². The minimum Gasteiger partial charge on any atom is -0.495 e. The predicted molar refractivity (Wildman–Crippen MR) is 83.2 cm³/mol. The van der Waals surface area contributed by atoms with Gasteiger partial charge in [-0.05, 0) is 59.0 Å². The summed E-state index contributed by atoms with van der Waals surface area (Å²) in [6, 6.07) is 2.14. The molecule has 4 heteroatoms. The van der Waals surface area contributed by atoms with Crippen molar-refractivity contribution in [1.82, 2.24) is 10.2 Å². The fraction of sp³-hybridized carbons (Fsp3) is 0.600. The van der Waals surface area contributed by atoms with Crippen molar-refractivity contribution in [3.05, 3.63) is 27.2 Å². The van der Waals surface area contributed by atoms with Crippen LogP contribution >= 0.6 is 15.9 Å². The maximum absolute atomic E-state index is 5.57. The number of nitrogens with one attached hydrogen (secondary N) is 1. The van der Waals surface area contributed by atoms with E-state index in [9.17, 15) is 0 Å². The molecule has 0 spiro atoms. The van der Waals surface area contributed by atoms with E-state index in [4.69, 9.17) is 4.74 Å². The number of halogens is 1. The Morgan fingerprint density at radius 2 is 2.00 bits per heavy atom. The summed E-state index contributed by atoms with van der Waals surface area (Å²) in [5, 5.41) is 3.39. The molecular formula is C15H23BrN2O. The first-order valence-corrected chi connectivity index (χ1v) is 7.68. The molecule has 19 heavy (non-hydrogen) atoms. The molecule has 1 aliphatic rings. The highest BCUT2D eigenvalue weighted by Gasteiger charge is 2.15. The standard InChI is InChI=1S/C15H23BrN2O/c1-11-10-14(16)15(19-3)13(12(11)2)4-7-18-8-5-17-6-9-18/h10,17H,4-9H2,1-3H3. The van der Waals surface area contributed by atoms with Crippen molar-refractivity contribution in [3.63, 3.8) is 0 Å². The van der Waals surface area contributed by atoms with Gasteiger partial charge in [-0.25, -0.2) is 0 Å². The van der Waals surface area contributed by atoms with Crippen LogP contribution in [0.2, 0.25) is 0 Å². The van der Waals surface area contributed by atoms with Crippen LogP contribution in [0, 0.1) is 13.8 Å². The van der Waals surface area contributed by atoms with E-state index in [0.717, 1.165) is 49.4 Å². The minimum atomic E-state index is 0.998. The molecule has 0 aromatic heterocycles. The highest BCUT2D eigenvalue weighted by Crippen LogP contribution is 2.34. The highest BCUT2D eigenvalue weighted by molar-refractivity contribution is 9.10. The molecule has 2 rings (SSSR count). The average Bonchev–Trinajstić information content (AvgIpc) is 2.42. The number of hydrogen-bond acceptors (Lipinski definition) is 3. The molecule has 0 bridgehead atoms. The number of ether oxygens (including phenoxy) is 1. The van der Waals surface area contributed by atoms with E-state index >= 15 is 0 Å². The molecule has 1 aromatic carbocycles. The third-order valence-electron chi connectivity index (χ3n) is 3.97. The molecule has 1 heterocycles. The zero-order chi connectivity index (χ0) is 13.8. The summed E-state index contributed by atoms with van der Waals surface area (Å²) in [6.07, 6.45) is 1.05. The summed E-state index contributed by atoms with van der Waals surface area (Å²) in [6.45, 7) is 9.96. The maximum atomic E-state index is 5.57. The molecule has 0 saturated carbocycles. The molecular weight excluding hydrogens is 304 g/mol. The van der Waals surface area contributed by atoms with E-state index in [0.29, 0.717) is 0 Å². The first-order valence-electron chi connectivity index (χ1n) is 6.89. The maximum Gasteiger partial charge on any atom is 0.136 e. The summed E-state index contributed by atoms with van der Waals surface area (Å²) in [5.74, 6) is 0.998. The molecule has 0 unspecified atom stereocenters. The van der Waals surface area contributed by atoms with Crippen LogP contribution in [0.15, 0.2) is 10.5 Å². The van der Waals surface area contributed by atoms with Gasteiger partial charge in [0.05, 0.1) is 11.6 Å². The lowest BCUT2D eigenvalue weighted by Crippen LogP contribution is -2.44. The Kier molecular flexibility index (Phi) is 5.25. The van der Waals surface area contributed by atoms with E-state index in [-0.39, 0.29) is 0 Å². The first kappa shape index (κ1) is 14.8. The Balaban J connectivity index is 2.13. The molecule has 0 amide bonds. The Labute approximate surface area is 124 Å². The van der Waals surface area contributed by atoms with Gasteiger partial charge in [-0.2, -0.15) is 0 Å². The predicted octanol–water partition coefficient (Wildman–Crippen LogP) is 2.52. The van der Waals surface area contributed by atoms with Gasteiger partial charge in [0, 0.05) is 32.7 Å². The molecule has 3 nitrogen and oxygen atoms in total. The fourth-order valence-electron chi connectivity index (χ4n) is 2.64. The lowest BCUT2D eigenvalue weighted by molar-refractivity contribution is 0.243. The highest BCUT2D eigenvalue weighted by atomic mass is 79.9. The molecule has 0 atom stereocenters. The van der Waals surface area contributed by atoms with E-state index in [2.05, 4.69) is 46.1 Å². The van der Waals surface area contributed by atoms with Crippen molar-refractivity contribution >= 4 is 15.9 Å². The molecule has 1 saturated heterocycles. The summed E-state index contributed by atoms with van der Waals surface area (Å²) < 4.78 is 6.64. The first-order chi connectivity index (χ1) is 9.13. The van der Waals surface area contributed by atoms with Gasteiger partial charge in [-0.1, -0.05) is 0 Å². The van der Waals surface area contributed by atoms with Crippen molar-refractivity contribution < 1.29 is 4.74 Å². The van der Waals surface area contributed by atoms with Gasteiger partial charge in [0.1, 0.15) is 5.75 Å². The number of hydrogen-bond donors (Lipinski definition) is 1. The SMILES string of the molecule is COc1c(Br)cc(C)c(C)c1CCN1CCNCC1. The monoisotopic (exact) mass is 326 g/mol. The molecule has 1 N–H and O–H groups in total. The Hall–Kier alpha value is -0.580. The Morgan fingerprint density at radius 3 is 2.63 bits per heavy atom. The quantitative estimate of drug-likeness (QED) is 0.920. The van der Waals surface area contributed by atoms with Crippen molar-refractivity contribution in [2.24, 2.45) is 0 Å². The summed E-state index contributed by atoms with van der Waals surface area (Å²) >= 11 is 3.61. The molecule has 1 aromatic rings. The van der Waals surface area contributed by atoms with Crippen molar-refractivity contribution in [1.29, 1.82) is 0 Å². The second-order valence-corrected chi connectivity index (χ2v) is 6.01. The lowest BCUT2D eigenvalue weighted by atomic mass is 9.99. The second-order valence-electron chi connectivity index (χ2n) is 5.15. The zero-order valence-corrected chi connectivity index (χ0v) is 13.6. The van der Waals surface area contributed by atoms with Crippen LogP contribution in [0.25, 0.3) is 0 Å². The van der Waals surface area contributed by atoms with Crippen LogP contribution in [0.3, 0.4) is 0 Å². The van der Waals surface area contributed by atoms with Gasteiger partial charge in [0.25, 0.3) is 0 Å². The fourth-order valence-corrected chi connectivity index (χ4v) is 3.39. The molecule has 106 valence electrons. The Bertz CT molecular complexity index is 442. The van der Waals surface area contributed by atoms with E-state index in [1.54, 1.807) is 7.11 Å². The average molecular weight is 327 g/mol.